The topological polar surface area (TPSA) is 91.8 Å². The molecule has 0 spiro atoms. The molecule has 1 saturated carbocycles. The number of carbonyl (C=O) groups excluding carboxylic acids is 1. The maximum absolute atomic E-state index is 12.4. The van der Waals surface area contributed by atoms with Gasteiger partial charge in [0.05, 0.1) is 6.07 Å². The van der Waals surface area contributed by atoms with E-state index in [0.717, 1.165) is 12.8 Å². The summed E-state index contributed by atoms with van der Waals surface area (Å²) < 4.78 is 29.3. The van der Waals surface area contributed by atoms with E-state index in [9.17, 15) is 13.6 Å². The molecular weight excluding hydrogens is 318 g/mol. The summed E-state index contributed by atoms with van der Waals surface area (Å²) in [4.78, 5) is 15.7. The molecule has 1 amide bonds. The monoisotopic (exact) mass is 332 g/mol. The van der Waals surface area contributed by atoms with E-state index < -0.39 is 12.3 Å². The number of nitriles is 1. The smallest absolute Gasteiger partial charge is 0.315 e. The van der Waals surface area contributed by atoms with Crippen molar-refractivity contribution in [1.29, 1.82) is 5.26 Å². The molecular formula is C16H14F2N4O2. The van der Waals surface area contributed by atoms with Crippen LogP contribution in [0.2, 0.25) is 0 Å². The molecule has 0 unspecified atom stereocenters. The minimum Gasteiger partial charge on any atom is -0.351 e. The second-order valence-electron chi connectivity index (χ2n) is 5.85. The standard InChI is InChI=1S/C16H14F2N4O2/c17-12(18)15-21-13(22-24-15)10-1-3-11(4-2-10)14(23)20-9-16(5-6-16)7-8-19/h1-4,12H,5-7,9H2,(H,20,23). The molecule has 1 heterocycles. The number of benzene rings is 1. The lowest BCUT2D eigenvalue weighted by molar-refractivity contribution is 0.0945. The largest absolute Gasteiger partial charge is 0.351 e. The number of rotatable bonds is 6. The average molecular weight is 332 g/mol. The molecule has 1 aliphatic rings. The molecule has 1 N–H and O–H groups in total. The van der Waals surface area contributed by atoms with Gasteiger partial charge in [-0.2, -0.15) is 19.0 Å². The van der Waals surface area contributed by atoms with Crippen LogP contribution in [-0.4, -0.2) is 22.6 Å². The van der Waals surface area contributed by atoms with Gasteiger partial charge in [0.1, 0.15) is 0 Å². The maximum Gasteiger partial charge on any atom is 0.315 e. The summed E-state index contributed by atoms with van der Waals surface area (Å²) in [5.74, 6) is -0.936. The van der Waals surface area contributed by atoms with Crippen LogP contribution < -0.4 is 5.32 Å². The van der Waals surface area contributed by atoms with E-state index >= 15 is 0 Å². The predicted octanol–water partition coefficient (Wildman–Crippen LogP) is 3.10. The van der Waals surface area contributed by atoms with Gasteiger partial charge in [0.2, 0.25) is 5.82 Å². The van der Waals surface area contributed by atoms with Crippen molar-refractivity contribution in [3.8, 4) is 17.5 Å². The summed E-state index contributed by atoms with van der Waals surface area (Å²) in [6.45, 7) is 0.476. The summed E-state index contributed by atoms with van der Waals surface area (Å²) >= 11 is 0. The fraction of sp³-hybridized carbons (Fsp3) is 0.375. The van der Waals surface area contributed by atoms with E-state index in [1.807, 2.05) is 0 Å². The minimum atomic E-state index is -2.82. The van der Waals surface area contributed by atoms with Gasteiger partial charge in [0.25, 0.3) is 11.8 Å². The SMILES string of the molecule is N#CCC1(CNC(=O)c2ccc(-c3noc(C(F)F)n3)cc2)CC1. The van der Waals surface area contributed by atoms with Crippen molar-refractivity contribution in [3.63, 3.8) is 0 Å². The van der Waals surface area contributed by atoms with Crippen molar-refractivity contribution >= 4 is 5.91 Å². The molecule has 124 valence electrons. The highest BCUT2D eigenvalue weighted by Crippen LogP contribution is 2.47. The Labute approximate surface area is 136 Å². The molecule has 3 rings (SSSR count). The van der Waals surface area contributed by atoms with Crippen molar-refractivity contribution in [2.75, 3.05) is 6.54 Å². The van der Waals surface area contributed by atoms with Gasteiger partial charge in [-0.05, 0) is 25.0 Å². The second kappa shape index (κ2) is 6.35. The van der Waals surface area contributed by atoms with E-state index in [1.54, 1.807) is 24.3 Å². The maximum atomic E-state index is 12.4. The lowest BCUT2D eigenvalue weighted by Gasteiger charge is -2.12. The molecule has 1 aliphatic carbocycles. The van der Waals surface area contributed by atoms with Gasteiger partial charge in [-0.3, -0.25) is 4.79 Å². The van der Waals surface area contributed by atoms with E-state index in [1.165, 1.54) is 0 Å². The van der Waals surface area contributed by atoms with Crippen LogP contribution in [0, 0.1) is 16.7 Å². The van der Waals surface area contributed by atoms with Gasteiger partial charge in [-0.15, -0.1) is 0 Å². The summed E-state index contributed by atoms with van der Waals surface area (Å²) in [6, 6.07) is 8.40. The molecule has 0 radical (unpaired) electrons. The third-order valence-electron chi connectivity index (χ3n) is 4.07. The second-order valence-corrected chi connectivity index (χ2v) is 5.85. The molecule has 0 bridgehead atoms. The quantitative estimate of drug-likeness (QED) is 0.877. The lowest BCUT2D eigenvalue weighted by Crippen LogP contribution is -2.30. The molecule has 2 aromatic rings. The number of hydrogen-bond donors (Lipinski definition) is 1. The Balaban J connectivity index is 1.63. The Morgan fingerprint density at radius 3 is 2.62 bits per heavy atom. The first-order valence-corrected chi connectivity index (χ1v) is 7.40. The Morgan fingerprint density at radius 2 is 2.08 bits per heavy atom. The molecule has 8 heteroatoms. The molecule has 6 nitrogen and oxygen atoms in total. The van der Waals surface area contributed by atoms with Crippen LogP contribution in [-0.2, 0) is 0 Å². The van der Waals surface area contributed by atoms with Gasteiger partial charge in [0, 0.05) is 29.5 Å². The summed E-state index contributed by atoms with van der Waals surface area (Å²) in [5.41, 5.74) is 0.843. The van der Waals surface area contributed by atoms with Crippen molar-refractivity contribution in [2.45, 2.75) is 25.7 Å². The third-order valence-corrected chi connectivity index (χ3v) is 4.07. The fourth-order valence-electron chi connectivity index (χ4n) is 2.34. The predicted molar refractivity (Wildman–Crippen MR) is 78.9 cm³/mol. The highest BCUT2D eigenvalue weighted by molar-refractivity contribution is 5.94. The zero-order valence-corrected chi connectivity index (χ0v) is 12.6. The molecule has 0 aliphatic heterocycles. The van der Waals surface area contributed by atoms with Crippen molar-refractivity contribution < 1.29 is 18.1 Å². The van der Waals surface area contributed by atoms with E-state index in [-0.39, 0.29) is 17.1 Å². The number of hydrogen-bond acceptors (Lipinski definition) is 5. The van der Waals surface area contributed by atoms with Gasteiger partial charge < -0.3 is 9.84 Å². The number of aromatic nitrogens is 2. The van der Waals surface area contributed by atoms with Crippen LogP contribution in [0.5, 0.6) is 0 Å². The molecule has 0 atom stereocenters. The molecule has 1 aromatic heterocycles. The zero-order valence-electron chi connectivity index (χ0n) is 12.6. The number of nitrogens with one attached hydrogen (secondary N) is 1. The lowest BCUT2D eigenvalue weighted by atomic mass is 10.0. The zero-order chi connectivity index (χ0) is 17.2. The van der Waals surface area contributed by atoms with Gasteiger partial charge in [-0.1, -0.05) is 17.3 Å². The van der Waals surface area contributed by atoms with E-state index in [2.05, 4.69) is 26.0 Å². The van der Waals surface area contributed by atoms with Crippen LogP contribution in [0.1, 0.15) is 41.9 Å². The van der Waals surface area contributed by atoms with Gasteiger partial charge >= 0.3 is 6.43 Å². The minimum absolute atomic E-state index is 0.0446. The van der Waals surface area contributed by atoms with Crippen LogP contribution in [0.4, 0.5) is 8.78 Å². The Hall–Kier alpha value is -2.82. The third kappa shape index (κ3) is 3.40. The highest BCUT2D eigenvalue weighted by atomic mass is 19.3. The van der Waals surface area contributed by atoms with Crippen molar-refractivity contribution in [3.05, 3.63) is 35.7 Å². The van der Waals surface area contributed by atoms with Gasteiger partial charge in [0.15, 0.2) is 0 Å². The molecule has 1 aromatic carbocycles. The number of halogens is 2. The summed E-state index contributed by atoms with van der Waals surface area (Å²) in [7, 11) is 0. The number of nitrogens with zero attached hydrogens (tertiary/aromatic N) is 3. The first-order chi connectivity index (χ1) is 11.5. The first kappa shape index (κ1) is 16.1. The summed E-state index contributed by atoms with van der Waals surface area (Å²) in [6.07, 6.45) is -0.482. The normalized spacial score (nSPS) is 15.1. The van der Waals surface area contributed by atoms with Crippen LogP contribution >= 0.6 is 0 Å². The molecule has 1 fully saturated rings. The van der Waals surface area contributed by atoms with Crippen LogP contribution in [0.25, 0.3) is 11.4 Å². The Morgan fingerprint density at radius 1 is 1.38 bits per heavy atom. The average Bonchev–Trinajstić information content (AvgIpc) is 3.16. The highest BCUT2D eigenvalue weighted by Gasteiger charge is 2.42. The van der Waals surface area contributed by atoms with E-state index in [0.29, 0.717) is 24.1 Å². The van der Waals surface area contributed by atoms with Crippen LogP contribution in [0.3, 0.4) is 0 Å². The number of carbonyl (C=O) groups is 1. The number of alkyl halides is 2. The Kier molecular flexibility index (Phi) is 4.25. The Bertz CT molecular complexity index is 776. The first-order valence-electron chi connectivity index (χ1n) is 7.40. The molecule has 0 saturated heterocycles. The van der Waals surface area contributed by atoms with E-state index in [4.69, 9.17) is 5.26 Å². The van der Waals surface area contributed by atoms with Crippen LogP contribution in [0.15, 0.2) is 28.8 Å². The fourth-order valence-corrected chi connectivity index (χ4v) is 2.34. The van der Waals surface area contributed by atoms with Crippen molar-refractivity contribution in [2.24, 2.45) is 5.41 Å². The summed E-state index contributed by atoms with van der Waals surface area (Å²) in [5, 5.41) is 15.1. The van der Waals surface area contributed by atoms with Crippen molar-refractivity contribution in [1.82, 2.24) is 15.5 Å². The van der Waals surface area contributed by atoms with Gasteiger partial charge in [-0.25, -0.2) is 0 Å². The molecule has 24 heavy (non-hydrogen) atoms. The number of amides is 1.